The van der Waals surface area contributed by atoms with Gasteiger partial charge >= 0.3 is 5.97 Å². The molecule has 2 saturated heterocycles. The van der Waals surface area contributed by atoms with Crippen molar-refractivity contribution in [1.29, 1.82) is 0 Å². The van der Waals surface area contributed by atoms with Gasteiger partial charge in [-0.2, -0.15) is 0 Å². The molecule has 0 amide bonds. The first kappa shape index (κ1) is 28.4. The van der Waals surface area contributed by atoms with Crippen LogP contribution in [0.1, 0.15) is 91.9 Å². The van der Waals surface area contributed by atoms with Crippen LogP contribution in [0.5, 0.6) is 0 Å². The van der Waals surface area contributed by atoms with E-state index in [2.05, 4.69) is 6.92 Å². The number of carbonyl (C=O) groups excluding carboxylic acids is 2. The van der Waals surface area contributed by atoms with Crippen LogP contribution in [0.3, 0.4) is 0 Å². The molecule has 7 rings (SSSR count). The number of fused-ring (bicyclic) bond motifs is 6. The highest BCUT2D eigenvalue weighted by Gasteiger charge is 2.71. The second-order valence-corrected chi connectivity index (χ2v) is 14.9. The number of ether oxygens (including phenoxy) is 5. The van der Waals surface area contributed by atoms with Gasteiger partial charge in [-0.25, -0.2) is 4.79 Å². The topological polar surface area (TPSA) is 121 Å². The Morgan fingerprint density at radius 3 is 2.51 bits per heavy atom. The number of aliphatic hydroxyl groups is 2. The van der Waals surface area contributed by atoms with E-state index >= 15 is 0 Å². The summed E-state index contributed by atoms with van der Waals surface area (Å²) in [5.41, 5.74) is -2.44. The summed E-state index contributed by atoms with van der Waals surface area (Å²) in [4.78, 5) is 24.9. The van der Waals surface area contributed by atoms with Gasteiger partial charge in [-0.3, -0.25) is 0 Å². The quantitative estimate of drug-likeness (QED) is 0.295. The number of aldehydes is 1. The van der Waals surface area contributed by atoms with Crippen molar-refractivity contribution >= 4 is 12.3 Å². The van der Waals surface area contributed by atoms with Gasteiger partial charge in [-0.1, -0.05) is 6.92 Å². The average Bonchev–Trinajstić information content (AvgIpc) is 3.55. The molecule has 0 aromatic rings. The summed E-state index contributed by atoms with van der Waals surface area (Å²) in [7, 11) is 0. The molecule has 3 aliphatic heterocycles. The maximum Gasteiger partial charge on any atom is 0.331 e. The van der Waals surface area contributed by atoms with Gasteiger partial charge < -0.3 is 38.7 Å². The molecule has 0 aromatic carbocycles. The van der Waals surface area contributed by atoms with Crippen molar-refractivity contribution in [2.45, 2.75) is 140 Å². The lowest BCUT2D eigenvalue weighted by atomic mass is 9.41. The summed E-state index contributed by atoms with van der Waals surface area (Å²) >= 11 is 0. The van der Waals surface area contributed by atoms with Crippen molar-refractivity contribution in [2.75, 3.05) is 6.61 Å². The molecular formula is C32H46O9. The molecule has 9 heteroatoms. The molecule has 7 aliphatic rings. The van der Waals surface area contributed by atoms with Gasteiger partial charge in [0.25, 0.3) is 0 Å². The lowest BCUT2D eigenvalue weighted by Gasteiger charge is -2.65. The third-order valence-electron chi connectivity index (χ3n) is 12.7. The molecule has 4 aliphatic carbocycles. The van der Waals surface area contributed by atoms with Gasteiger partial charge in [-0.05, 0) is 95.5 Å². The highest BCUT2D eigenvalue weighted by molar-refractivity contribution is 5.85. The number of esters is 1. The van der Waals surface area contributed by atoms with E-state index in [1.54, 1.807) is 6.08 Å². The standard InChI is InChI=1S/C32H46O9/c1-18-27-24(40-28(2,3)41-27)14-26(38-18)39-20-5-10-30(17-33)22-6-9-29(4)21(19-13-25(34)37-16-19)8-12-32(29,36)23(22)7-11-31(30,35)15-20/h13,17-18,20-24,26-27,35-36H,5-12,14-16H2,1-4H3/t18-,20+,21-,22+,23+,24-,26+,27-,29+,30-,31-,32-/m0/s1. The highest BCUT2D eigenvalue weighted by Crippen LogP contribution is 2.70. The number of carbonyl (C=O) groups is 2. The minimum absolute atomic E-state index is 0.0739. The fraction of sp³-hybridized carbons (Fsp3) is 0.875. The molecule has 0 radical (unpaired) electrons. The van der Waals surface area contributed by atoms with E-state index < -0.39 is 28.7 Å². The Kier molecular flexibility index (Phi) is 6.46. The fourth-order valence-electron chi connectivity index (χ4n) is 10.7. The van der Waals surface area contributed by atoms with Crippen LogP contribution in [0.2, 0.25) is 0 Å². The monoisotopic (exact) mass is 574 g/mol. The summed E-state index contributed by atoms with van der Waals surface area (Å²) in [5.74, 6) is -1.02. The molecule has 228 valence electrons. The zero-order chi connectivity index (χ0) is 29.0. The number of cyclic esters (lactones) is 1. The zero-order valence-corrected chi connectivity index (χ0v) is 24.8. The van der Waals surface area contributed by atoms with Crippen LogP contribution in [-0.4, -0.2) is 76.8 Å². The van der Waals surface area contributed by atoms with Crippen molar-refractivity contribution in [3.05, 3.63) is 11.6 Å². The van der Waals surface area contributed by atoms with Crippen molar-refractivity contribution in [1.82, 2.24) is 0 Å². The summed E-state index contributed by atoms with van der Waals surface area (Å²) in [6.45, 7) is 8.28. The zero-order valence-electron chi connectivity index (χ0n) is 24.8. The minimum atomic E-state index is -1.19. The van der Waals surface area contributed by atoms with Crippen molar-refractivity contribution in [2.24, 2.45) is 28.6 Å². The normalized spacial score (nSPS) is 53.9. The van der Waals surface area contributed by atoms with Gasteiger partial charge in [0.15, 0.2) is 12.1 Å². The predicted octanol–water partition coefficient (Wildman–Crippen LogP) is 3.58. The average molecular weight is 575 g/mol. The molecule has 12 atom stereocenters. The Balaban J connectivity index is 1.08. The third-order valence-corrected chi connectivity index (χ3v) is 12.7. The second kappa shape index (κ2) is 9.32. The minimum Gasteiger partial charge on any atom is -0.458 e. The molecule has 0 aromatic heterocycles. The Labute approximate surface area is 242 Å². The SMILES string of the molecule is C[C@@H]1O[C@H](O[C@@H]2CC[C@]3(C=O)[C@@H]4CC[C@]5(C)[C@H](C6=CC(=O)OC6)CC[C@]5(O)[C@@H]4CC[C@]3(O)C2)C[C@@H]2OC(C)(C)O[C@@H]12. The Morgan fingerprint density at radius 2 is 1.78 bits per heavy atom. The number of rotatable bonds is 4. The van der Waals surface area contributed by atoms with Crippen molar-refractivity contribution in [3.8, 4) is 0 Å². The Bertz CT molecular complexity index is 1140. The van der Waals surface area contributed by atoms with Crippen LogP contribution in [-0.2, 0) is 33.3 Å². The molecule has 0 bridgehead atoms. The van der Waals surface area contributed by atoms with Gasteiger partial charge in [0.05, 0.1) is 34.9 Å². The van der Waals surface area contributed by atoms with Gasteiger partial charge in [-0.15, -0.1) is 0 Å². The Hall–Kier alpha value is -1.36. The molecule has 2 N–H and O–H groups in total. The lowest BCUT2D eigenvalue weighted by molar-refractivity contribution is -0.278. The van der Waals surface area contributed by atoms with E-state index in [-0.39, 0.29) is 53.6 Å². The molecule has 41 heavy (non-hydrogen) atoms. The van der Waals surface area contributed by atoms with Crippen LogP contribution in [0.25, 0.3) is 0 Å². The van der Waals surface area contributed by atoms with Crippen LogP contribution in [0.15, 0.2) is 11.6 Å². The molecule has 6 fully saturated rings. The molecule has 0 spiro atoms. The maximum atomic E-state index is 13.1. The summed E-state index contributed by atoms with van der Waals surface area (Å²) in [6.07, 6.45) is 7.78. The number of hydrogen-bond acceptors (Lipinski definition) is 9. The fourth-order valence-corrected chi connectivity index (χ4v) is 10.7. The maximum absolute atomic E-state index is 13.1. The van der Waals surface area contributed by atoms with Crippen LogP contribution < -0.4 is 0 Å². The van der Waals surface area contributed by atoms with E-state index in [4.69, 9.17) is 23.7 Å². The third kappa shape index (κ3) is 4.02. The predicted molar refractivity (Wildman–Crippen MR) is 145 cm³/mol. The van der Waals surface area contributed by atoms with Crippen LogP contribution >= 0.6 is 0 Å². The summed E-state index contributed by atoms with van der Waals surface area (Å²) < 4.78 is 30.0. The smallest absolute Gasteiger partial charge is 0.331 e. The number of hydrogen-bond donors (Lipinski definition) is 2. The first-order valence-corrected chi connectivity index (χ1v) is 15.8. The van der Waals surface area contributed by atoms with E-state index in [9.17, 15) is 19.8 Å². The van der Waals surface area contributed by atoms with Crippen molar-refractivity contribution < 1.29 is 43.5 Å². The van der Waals surface area contributed by atoms with Gasteiger partial charge in [0.1, 0.15) is 19.0 Å². The lowest BCUT2D eigenvalue weighted by Crippen LogP contribution is -2.69. The van der Waals surface area contributed by atoms with E-state index in [0.29, 0.717) is 51.6 Å². The van der Waals surface area contributed by atoms with Gasteiger partial charge in [0.2, 0.25) is 0 Å². The first-order valence-electron chi connectivity index (χ1n) is 15.8. The van der Waals surface area contributed by atoms with Crippen LogP contribution in [0, 0.1) is 28.6 Å². The molecule has 0 unspecified atom stereocenters. The van der Waals surface area contributed by atoms with Crippen molar-refractivity contribution in [3.63, 3.8) is 0 Å². The molecule has 3 heterocycles. The summed E-state index contributed by atoms with van der Waals surface area (Å²) in [6, 6.07) is 0. The molecule has 9 nitrogen and oxygen atoms in total. The van der Waals surface area contributed by atoms with E-state index in [0.717, 1.165) is 31.1 Å². The largest absolute Gasteiger partial charge is 0.458 e. The van der Waals surface area contributed by atoms with E-state index in [1.165, 1.54) is 0 Å². The first-order chi connectivity index (χ1) is 19.3. The Morgan fingerprint density at radius 1 is 1.00 bits per heavy atom. The summed E-state index contributed by atoms with van der Waals surface area (Å²) in [5, 5.41) is 24.7. The highest BCUT2D eigenvalue weighted by atomic mass is 16.8. The molecular weight excluding hydrogens is 528 g/mol. The van der Waals surface area contributed by atoms with E-state index in [1.807, 2.05) is 20.8 Å². The molecule has 4 saturated carbocycles. The van der Waals surface area contributed by atoms with Crippen LogP contribution in [0.4, 0.5) is 0 Å². The van der Waals surface area contributed by atoms with Gasteiger partial charge in [0, 0.05) is 24.3 Å². The second-order valence-electron chi connectivity index (χ2n) is 14.9.